The predicted molar refractivity (Wildman–Crippen MR) is 107 cm³/mol. The summed E-state index contributed by atoms with van der Waals surface area (Å²) in [6.45, 7) is 16.2. The fourth-order valence-electron chi connectivity index (χ4n) is 3.99. The molecule has 0 amide bonds. The van der Waals surface area contributed by atoms with E-state index in [-0.39, 0.29) is 35.8 Å². The van der Waals surface area contributed by atoms with Gasteiger partial charge in [0.1, 0.15) is 18.4 Å². The number of benzene rings is 1. The molecule has 0 aromatic heterocycles. The largest absolute Gasteiger partial charge is 0.399 e. The Morgan fingerprint density at radius 3 is 2.37 bits per heavy atom. The van der Waals surface area contributed by atoms with Crippen LogP contribution in [0.15, 0.2) is 30.3 Å². The molecule has 0 radical (unpaired) electrons. The molecule has 3 saturated heterocycles. The number of likely N-dealkylation sites (tertiary alicyclic amines) is 1. The van der Waals surface area contributed by atoms with Crippen LogP contribution in [0.1, 0.15) is 40.2 Å². The van der Waals surface area contributed by atoms with Crippen LogP contribution >= 0.6 is 0 Å². The van der Waals surface area contributed by atoms with Gasteiger partial charge in [-0.2, -0.15) is 0 Å². The van der Waals surface area contributed by atoms with Crippen LogP contribution in [0.2, 0.25) is 18.1 Å². The van der Waals surface area contributed by atoms with Gasteiger partial charge in [-0.05, 0) is 37.5 Å². The number of fused-ring (bicyclic) bond motifs is 3. The van der Waals surface area contributed by atoms with Crippen LogP contribution in [0.25, 0.3) is 0 Å². The molecule has 0 saturated carbocycles. The summed E-state index contributed by atoms with van der Waals surface area (Å²) in [5, 5.41) is 0.153. The van der Waals surface area contributed by atoms with Crippen molar-refractivity contribution in [3.05, 3.63) is 35.9 Å². The molecule has 3 fully saturated rings. The van der Waals surface area contributed by atoms with Crippen LogP contribution in [0.3, 0.4) is 0 Å². The van der Waals surface area contributed by atoms with Crippen LogP contribution in [-0.4, -0.2) is 49.8 Å². The van der Waals surface area contributed by atoms with Crippen molar-refractivity contribution in [3.63, 3.8) is 0 Å². The van der Waals surface area contributed by atoms with Crippen molar-refractivity contribution in [1.29, 1.82) is 0 Å². The van der Waals surface area contributed by atoms with Crippen LogP contribution < -0.4 is 0 Å². The van der Waals surface area contributed by atoms with Crippen LogP contribution in [-0.2, 0) is 25.2 Å². The van der Waals surface area contributed by atoms with Gasteiger partial charge in [-0.25, -0.2) is 0 Å². The Labute approximate surface area is 164 Å². The Bertz CT molecular complexity index is 687. The van der Waals surface area contributed by atoms with E-state index in [9.17, 15) is 0 Å². The molecule has 5 atom stereocenters. The fraction of sp³-hybridized carbons (Fsp3) is 0.714. The number of rotatable bonds is 4. The van der Waals surface area contributed by atoms with E-state index in [0.29, 0.717) is 0 Å². The van der Waals surface area contributed by atoms with Gasteiger partial charge in [-0.3, -0.25) is 4.90 Å². The minimum Gasteiger partial charge on any atom is -0.399 e. The van der Waals surface area contributed by atoms with E-state index < -0.39 is 14.1 Å². The first-order valence-corrected chi connectivity index (χ1v) is 12.9. The predicted octanol–water partition coefficient (Wildman–Crippen LogP) is 4.10. The molecule has 3 aliphatic heterocycles. The third-order valence-corrected chi connectivity index (χ3v) is 10.9. The van der Waals surface area contributed by atoms with Crippen molar-refractivity contribution in [2.75, 3.05) is 0 Å². The zero-order valence-corrected chi connectivity index (χ0v) is 18.6. The molecule has 1 aromatic carbocycles. The second kappa shape index (κ2) is 6.37. The maximum atomic E-state index is 6.78. The van der Waals surface area contributed by atoms with E-state index in [1.807, 2.05) is 13.8 Å². The monoisotopic (exact) mass is 391 g/mol. The van der Waals surface area contributed by atoms with Crippen molar-refractivity contribution in [1.82, 2.24) is 4.90 Å². The maximum Gasteiger partial charge on any atom is 0.194 e. The molecule has 3 aliphatic rings. The zero-order valence-electron chi connectivity index (χ0n) is 17.6. The van der Waals surface area contributed by atoms with Crippen molar-refractivity contribution < 1.29 is 18.6 Å². The Hall–Kier alpha value is -0.763. The average molecular weight is 392 g/mol. The standard InChI is InChI=1S/C21H33NO4Si/c1-20(2,3)27(6,7)26-18-16-15(17-19(23-16)25-21(4,5)24-17)22(18)13-14-11-9-8-10-12-14/h8-12,15-19H,13H2,1-7H3/t15-,16-,17?,18-,19-/m0/s1. The van der Waals surface area contributed by atoms with Crippen LogP contribution in [0.4, 0.5) is 0 Å². The van der Waals surface area contributed by atoms with Gasteiger partial charge in [0.25, 0.3) is 0 Å². The molecule has 1 unspecified atom stereocenters. The van der Waals surface area contributed by atoms with Gasteiger partial charge in [-0.15, -0.1) is 0 Å². The summed E-state index contributed by atoms with van der Waals surface area (Å²) < 4.78 is 25.2. The lowest BCUT2D eigenvalue weighted by molar-refractivity contribution is -0.271. The summed E-state index contributed by atoms with van der Waals surface area (Å²) in [5.74, 6) is -0.593. The van der Waals surface area contributed by atoms with Crippen molar-refractivity contribution >= 4 is 8.32 Å². The highest BCUT2D eigenvalue weighted by atomic mass is 28.4. The first kappa shape index (κ1) is 19.5. The lowest BCUT2D eigenvalue weighted by Gasteiger charge is -2.55. The quantitative estimate of drug-likeness (QED) is 0.723. The Morgan fingerprint density at radius 1 is 1.07 bits per heavy atom. The summed E-state index contributed by atoms with van der Waals surface area (Å²) in [5.41, 5.74) is 1.28. The lowest BCUT2D eigenvalue weighted by Crippen LogP contribution is -2.71. The number of ether oxygens (including phenoxy) is 3. The normalized spacial score (nSPS) is 35.6. The number of hydrogen-bond donors (Lipinski definition) is 0. The smallest absolute Gasteiger partial charge is 0.194 e. The fourth-order valence-corrected chi connectivity index (χ4v) is 5.22. The van der Waals surface area contributed by atoms with Gasteiger partial charge in [-0.1, -0.05) is 51.1 Å². The number of hydrogen-bond acceptors (Lipinski definition) is 5. The molecule has 0 N–H and O–H groups in total. The molecule has 5 nitrogen and oxygen atoms in total. The highest BCUT2D eigenvalue weighted by Gasteiger charge is 2.66. The van der Waals surface area contributed by atoms with E-state index in [1.165, 1.54) is 5.56 Å². The molecule has 6 heteroatoms. The SMILES string of the molecule is CC1(C)OC2[C@@H](O[C@H]3[C@@H]2N(Cc2ccccc2)[C@H]3O[Si](C)(C)C(C)(C)C)O1. The minimum absolute atomic E-state index is 0.00828. The molecule has 3 heterocycles. The molecule has 0 spiro atoms. The topological polar surface area (TPSA) is 40.2 Å². The first-order chi connectivity index (χ1) is 12.5. The summed E-state index contributed by atoms with van der Waals surface area (Å²) in [4.78, 5) is 2.41. The van der Waals surface area contributed by atoms with E-state index in [1.54, 1.807) is 0 Å². The maximum absolute atomic E-state index is 6.78. The van der Waals surface area contributed by atoms with Gasteiger partial charge in [0, 0.05) is 6.54 Å². The summed E-state index contributed by atoms with van der Waals surface area (Å²) >= 11 is 0. The zero-order chi connectivity index (χ0) is 19.6. The summed E-state index contributed by atoms with van der Waals surface area (Å²) in [6.07, 6.45) is -0.403. The third kappa shape index (κ3) is 3.41. The van der Waals surface area contributed by atoms with Crippen LogP contribution in [0.5, 0.6) is 0 Å². The van der Waals surface area contributed by atoms with Gasteiger partial charge in [0.2, 0.25) is 0 Å². The average Bonchev–Trinajstić information content (AvgIpc) is 3.00. The molecular formula is C21H33NO4Si. The summed E-state index contributed by atoms with van der Waals surface area (Å²) in [7, 11) is -1.92. The second-order valence-corrected chi connectivity index (χ2v) is 14.7. The summed E-state index contributed by atoms with van der Waals surface area (Å²) in [6, 6.07) is 10.7. The Balaban J connectivity index is 1.57. The van der Waals surface area contributed by atoms with Gasteiger partial charge in [0.05, 0.1) is 6.04 Å². The van der Waals surface area contributed by atoms with E-state index in [4.69, 9.17) is 18.6 Å². The lowest BCUT2D eigenvalue weighted by atomic mass is 9.93. The molecular weight excluding hydrogens is 358 g/mol. The van der Waals surface area contributed by atoms with E-state index in [0.717, 1.165) is 6.54 Å². The highest BCUT2D eigenvalue weighted by Crippen LogP contribution is 2.49. The molecule has 150 valence electrons. The van der Waals surface area contributed by atoms with Crippen molar-refractivity contribution in [2.45, 2.75) is 95.9 Å². The molecule has 0 aliphatic carbocycles. The first-order valence-electron chi connectivity index (χ1n) is 9.97. The number of nitrogens with zero attached hydrogens (tertiary/aromatic N) is 1. The van der Waals surface area contributed by atoms with E-state index in [2.05, 4.69) is 69.1 Å². The van der Waals surface area contributed by atoms with Crippen LogP contribution in [0, 0.1) is 0 Å². The Kier molecular flexibility index (Phi) is 4.61. The van der Waals surface area contributed by atoms with Gasteiger partial charge < -0.3 is 18.6 Å². The highest BCUT2D eigenvalue weighted by molar-refractivity contribution is 6.74. The Morgan fingerprint density at radius 2 is 1.74 bits per heavy atom. The third-order valence-electron chi connectivity index (χ3n) is 6.47. The molecule has 27 heavy (non-hydrogen) atoms. The minimum atomic E-state index is -1.92. The van der Waals surface area contributed by atoms with Gasteiger partial charge in [0.15, 0.2) is 20.4 Å². The molecule has 1 aromatic rings. The van der Waals surface area contributed by atoms with E-state index >= 15 is 0 Å². The van der Waals surface area contributed by atoms with Crippen molar-refractivity contribution in [3.8, 4) is 0 Å². The molecule has 4 rings (SSSR count). The second-order valence-electron chi connectivity index (χ2n) is 9.99. The molecule has 0 bridgehead atoms. The van der Waals surface area contributed by atoms with Crippen molar-refractivity contribution in [2.24, 2.45) is 0 Å². The van der Waals surface area contributed by atoms with Gasteiger partial charge >= 0.3 is 0 Å².